The molecule has 2 fully saturated rings. The fraction of sp³-hybridized carbons (Fsp3) is 0.904. The van der Waals surface area contributed by atoms with Crippen molar-refractivity contribution in [3.63, 3.8) is 0 Å². The topological polar surface area (TPSA) is 214 Å². The van der Waals surface area contributed by atoms with E-state index in [0.29, 0.717) is 13.0 Å². The van der Waals surface area contributed by atoms with Gasteiger partial charge in [-0.15, -0.1) is 0 Å². The Morgan fingerprint density at radius 2 is 0.939 bits per heavy atom. The van der Waals surface area contributed by atoms with E-state index in [-0.39, 0.29) is 25.6 Å². The third kappa shape index (κ3) is 27.6. The second-order valence-corrected chi connectivity index (χ2v) is 18.7. The van der Waals surface area contributed by atoms with Gasteiger partial charge >= 0.3 is 5.97 Å². The number of carbonyl (C=O) groups excluding carboxylic acids is 1. The number of hydrogen-bond donors (Lipinski definition) is 7. The number of aliphatic hydroxyl groups is 7. The van der Waals surface area contributed by atoms with Crippen LogP contribution < -0.4 is 0 Å². The van der Waals surface area contributed by atoms with Gasteiger partial charge in [-0.2, -0.15) is 0 Å². The minimum Gasteiger partial charge on any atom is -0.457 e. The van der Waals surface area contributed by atoms with E-state index >= 15 is 0 Å². The number of esters is 1. The number of allylic oxidation sites excluding steroid dienone is 4. The molecule has 66 heavy (non-hydrogen) atoms. The number of hydrogen-bond acceptors (Lipinski definition) is 14. The Bertz CT molecular complexity index is 1190. The van der Waals surface area contributed by atoms with Crippen LogP contribution >= 0.6 is 0 Å². The van der Waals surface area contributed by atoms with Crippen LogP contribution in [0.5, 0.6) is 0 Å². The van der Waals surface area contributed by atoms with E-state index in [1.54, 1.807) is 0 Å². The summed E-state index contributed by atoms with van der Waals surface area (Å²) in [6, 6.07) is 0. The highest BCUT2D eigenvalue weighted by Gasteiger charge is 2.47. The van der Waals surface area contributed by atoms with E-state index in [1.165, 1.54) is 122 Å². The van der Waals surface area contributed by atoms with E-state index in [2.05, 4.69) is 38.2 Å². The highest BCUT2D eigenvalue weighted by Crippen LogP contribution is 2.26. The van der Waals surface area contributed by atoms with E-state index in [4.69, 9.17) is 28.4 Å². The van der Waals surface area contributed by atoms with Gasteiger partial charge in [-0.1, -0.05) is 173 Å². The van der Waals surface area contributed by atoms with Crippen molar-refractivity contribution >= 4 is 5.97 Å². The fourth-order valence-electron chi connectivity index (χ4n) is 8.37. The van der Waals surface area contributed by atoms with Crippen LogP contribution in [0.4, 0.5) is 0 Å². The Hall–Kier alpha value is -1.53. The lowest BCUT2D eigenvalue weighted by Gasteiger charge is -2.42. The molecule has 2 heterocycles. The first-order chi connectivity index (χ1) is 32.1. The molecule has 0 radical (unpaired) electrons. The maximum atomic E-state index is 13.0. The first kappa shape index (κ1) is 60.6. The Labute approximate surface area is 398 Å². The van der Waals surface area contributed by atoms with Crippen LogP contribution in [0.25, 0.3) is 0 Å². The van der Waals surface area contributed by atoms with Gasteiger partial charge in [0.1, 0.15) is 54.9 Å². The first-order valence-corrected chi connectivity index (χ1v) is 26.4. The number of carbonyl (C=O) groups is 1. The van der Waals surface area contributed by atoms with Crippen molar-refractivity contribution in [2.24, 2.45) is 0 Å². The van der Waals surface area contributed by atoms with E-state index in [9.17, 15) is 40.5 Å². The number of unbranched alkanes of at least 4 members (excludes halogenated alkanes) is 24. The average molecular weight is 945 g/mol. The van der Waals surface area contributed by atoms with Gasteiger partial charge in [0.05, 0.1) is 26.4 Å². The number of rotatable bonds is 42. The summed E-state index contributed by atoms with van der Waals surface area (Å²) in [7, 11) is 0. The summed E-state index contributed by atoms with van der Waals surface area (Å²) in [5.41, 5.74) is 0. The van der Waals surface area contributed by atoms with Crippen LogP contribution in [-0.4, -0.2) is 142 Å². The monoisotopic (exact) mass is 945 g/mol. The fourth-order valence-corrected chi connectivity index (χ4v) is 8.37. The van der Waals surface area contributed by atoms with Crippen molar-refractivity contribution < 1.29 is 69.0 Å². The molecule has 0 aromatic carbocycles. The molecule has 0 spiro atoms. The lowest BCUT2D eigenvalue weighted by atomic mass is 9.98. The standard InChI is InChI=1S/C52H96O14/c1-3-5-7-9-11-13-15-17-19-20-21-22-23-25-27-29-31-33-35-44(54)64-41(38-61-36-34-32-30-28-26-24-18-16-14-12-10-8-6-4-2)39-62-51-50(60)48(58)46(56)43(66-51)40-63-52-49(59)47(57)45(55)42(37-53)65-52/h13,15,19-20,41-43,45-53,55-60H,3-12,14,16-18,21-40H2,1-2H3/b15-13-,20-19-. The average Bonchev–Trinajstić information content (AvgIpc) is 3.31. The second kappa shape index (κ2) is 40.2. The molecule has 2 rings (SSSR count). The van der Waals surface area contributed by atoms with Crippen LogP contribution in [0.1, 0.15) is 200 Å². The maximum absolute atomic E-state index is 13.0. The van der Waals surface area contributed by atoms with Gasteiger partial charge in [0.25, 0.3) is 0 Å². The zero-order chi connectivity index (χ0) is 48.0. The van der Waals surface area contributed by atoms with Crippen molar-refractivity contribution in [2.45, 2.75) is 268 Å². The molecule has 2 saturated heterocycles. The molecular formula is C52H96O14. The maximum Gasteiger partial charge on any atom is 0.306 e. The predicted octanol–water partition coefficient (Wildman–Crippen LogP) is 8.02. The number of ether oxygens (including phenoxy) is 6. The Balaban J connectivity index is 1.76. The summed E-state index contributed by atoms with van der Waals surface area (Å²) in [5, 5.41) is 72.1. The molecule has 0 saturated carbocycles. The molecule has 7 N–H and O–H groups in total. The summed E-state index contributed by atoms with van der Waals surface area (Å²) in [6.07, 6.45) is 26.6. The SMILES string of the molecule is CCCCCC/C=C\C/C=C\CCCCCCCCCC(=O)OC(COCCCCCCCCCCCCCCCC)COC1OC(COC2OC(CO)C(O)C(O)C2O)C(O)C(O)C1O. The van der Waals surface area contributed by atoms with E-state index in [1.807, 2.05) is 0 Å². The van der Waals surface area contributed by atoms with Crippen molar-refractivity contribution in [3.05, 3.63) is 24.3 Å². The van der Waals surface area contributed by atoms with Crippen LogP contribution in [0, 0.1) is 0 Å². The highest BCUT2D eigenvalue weighted by atomic mass is 16.7. The van der Waals surface area contributed by atoms with Crippen LogP contribution in [-0.2, 0) is 33.2 Å². The molecule has 2 aliphatic rings. The molecule has 0 aromatic heterocycles. The summed E-state index contributed by atoms with van der Waals surface area (Å²) < 4.78 is 34.3. The third-order valence-electron chi connectivity index (χ3n) is 12.7. The van der Waals surface area contributed by atoms with Gasteiger partial charge in [-0.25, -0.2) is 0 Å². The molecule has 388 valence electrons. The molecule has 0 aliphatic carbocycles. The summed E-state index contributed by atoms with van der Waals surface area (Å²) in [4.78, 5) is 13.0. The van der Waals surface area contributed by atoms with Gasteiger partial charge < -0.3 is 64.2 Å². The van der Waals surface area contributed by atoms with Crippen LogP contribution in [0.15, 0.2) is 24.3 Å². The minimum atomic E-state index is -1.70. The molecule has 14 heteroatoms. The van der Waals surface area contributed by atoms with E-state index < -0.39 is 80.7 Å². The van der Waals surface area contributed by atoms with Crippen molar-refractivity contribution in [2.75, 3.05) is 33.0 Å². The predicted molar refractivity (Wildman–Crippen MR) is 257 cm³/mol. The number of aliphatic hydroxyl groups excluding tert-OH is 7. The van der Waals surface area contributed by atoms with Crippen molar-refractivity contribution in [1.82, 2.24) is 0 Å². The molecule has 11 atom stereocenters. The highest BCUT2D eigenvalue weighted by molar-refractivity contribution is 5.69. The Morgan fingerprint density at radius 3 is 1.47 bits per heavy atom. The third-order valence-corrected chi connectivity index (χ3v) is 12.7. The molecule has 0 aromatic rings. The second-order valence-electron chi connectivity index (χ2n) is 18.7. The Kier molecular flexibility index (Phi) is 36.9. The van der Waals surface area contributed by atoms with Gasteiger partial charge in [0.15, 0.2) is 12.6 Å². The van der Waals surface area contributed by atoms with Crippen molar-refractivity contribution in [3.8, 4) is 0 Å². The zero-order valence-electron chi connectivity index (χ0n) is 41.2. The zero-order valence-corrected chi connectivity index (χ0v) is 41.2. The van der Waals surface area contributed by atoms with Gasteiger partial charge in [-0.3, -0.25) is 4.79 Å². The molecular weight excluding hydrogens is 849 g/mol. The summed E-state index contributed by atoms with van der Waals surface area (Å²) >= 11 is 0. The van der Waals surface area contributed by atoms with Gasteiger partial charge in [0, 0.05) is 13.0 Å². The molecule has 11 unspecified atom stereocenters. The molecule has 0 bridgehead atoms. The lowest BCUT2D eigenvalue weighted by molar-refractivity contribution is -0.332. The molecule has 0 amide bonds. The largest absolute Gasteiger partial charge is 0.457 e. The molecule has 2 aliphatic heterocycles. The normalized spacial score (nSPS) is 26.4. The quantitative estimate of drug-likeness (QED) is 0.0175. The van der Waals surface area contributed by atoms with E-state index in [0.717, 1.165) is 51.4 Å². The molecule has 14 nitrogen and oxygen atoms in total. The van der Waals surface area contributed by atoms with Gasteiger partial charge in [-0.05, 0) is 44.9 Å². The minimum absolute atomic E-state index is 0.0623. The van der Waals surface area contributed by atoms with Crippen molar-refractivity contribution in [1.29, 1.82) is 0 Å². The van der Waals surface area contributed by atoms with Crippen LogP contribution in [0.2, 0.25) is 0 Å². The summed E-state index contributed by atoms with van der Waals surface area (Å²) in [6.45, 7) is 3.68. The summed E-state index contributed by atoms with van der Waals surface area (Å²) in [5.74, 6) is -0.381. The van der Waals surface area contributed by atoms with Gasteiger partial charge in [0.2, 0.25) is 0 Å². The van der Waals surface area contributed by atoms with Crippen LogP contribution in [0.3, 0.4) is 0 Å². The Morgan fingerprint density at radius 1 is 0.500 bits per heavy atom. The smallest absolute Gasteiger partial charge is 0.306 e. The lowest BCUT2D eigenvalue weighted by Crippen LogP contribution is -2.61. The first-order valence-electron chi connectivity index (χ1n) is 26.4.